The lowest BCUT2D eigenvalue weighted by atomic mass is 9.96. The highest BCUT2D eigenvalue weighted by Crippen LogP contribution is 2.28. The zero-order valence-corrected chi connectivity index (χ0v) is 13.5. The number of hydrogen-bond acceptors (Lipinski definition) is 4. The van der Waals surface area contributed by atoms with Gasteiger partial charge in [-0.3, -0.25) is 9.36 Å². The Morgan fingerprint density at radius 2 is 2.14 bits per heavy atom. The summed E-state index contributed by atoms with van der Waals surface area (Å²) in [5, 5.41) is 0. The average Bonchev–Trinajstić information content (AvgIpc) is 2.90. The molecule has 0 bridgehead atoms. The molecule has 0 saturated heterocycles. The fourth-order valence-corrected chi connectivity index (χ4v) is 3.41. The van der Waals surface area contributed by atoms with Gasteiger partial charge in [-0.25, -0.2) is 0 Å². The minimum absolute atomic E-state index is 0.0429. The molecule has 1 aromatic rings. The van der Waals surface area contributed by atoms with Crippen LogP contribution in [0.5, 0.6) is 6.01 Å². The van der Waals surface area contributed by atoms with E-state index >= 15 is 0 Å². The van der Waals surface area contributed by atoms with Gasteiger partial charge in [-0.05, 0) is 25.2 Å². The van der Waals surface area contributed by atoms with E-state index in [1.54, 1.807) is 6.20 Å². The molecule has 1 fully saturated rings. The van der Waals surface area contributed by atoms with Crippen LogP contribution in [0.4, 0.5) is 0 Å². The lowest BCUT2D eigenvalue weighted by Crippen LogP contribution is -2.38. The molecule has 122 valence electrons. The Morgan fingerprint density at radius 3 is 2.86 bits per heavy atom. The quantitative estimate of drug-likeness (QED) is 0.839. The van der Waals surface area contributed by atoms with Crippen molar-refractivity contribution in [3.63, 3.8) is 0 Å². The summed E-state index contributed by atoms with van der Waals surface area (Å²) in [4.78, 5) is 15.3. The topological polar surface area (TPSA) is 53.4 Å². The highest BCUT2D eigenvalue weighted by Gasteiger charge is 2.34. The first kappa shape index (κ1) is 15.5. The molecule has 1 saturated carbocycles. The van der Waals surface area contributed by atoms with Crippen molar-refractivity contribution in [2.24, 2.45) is 5.92 Å². The molecule has 2 atom stereocenters. The fraction of sp³-hybridized carbons (Fsp3) is 0.765. The predicted octanol–water partition coefficient (Wildman–Crippen LogP) is 2.77. The summed E-state index contributed by atoms with van der Waals surface area (Å²) in [7, 11) is 0. The van der Waals surface area contributed by atoms with Crippen LogP contribution < -0.4 is 10.3 Å². The molecule has 5 heteroatoms. The lowest BCUT2D eigenvalue weighted by Gasteiger charge is -2.31. The second-order valence-electron chi connectivity index (χ2n) is 6.92. The largest absolute Gasteiger partial charge is 0.457 e. The fourth-order valence-electron chi connectivity index (χ4n) is 3.41. The van der Waals surface area contributed by atoms with Crippen LogP contribution in [-0.4, -0.2) is 27.9 Å². The van der Waals surface area contributed by atoms with Gasteiger partial charge in [0.25, 0.3) is 11.6 Å². The van der Waals surface area contributed by atoms with Gasteiger partial charge >= 0.3 is 0 Å². The van der Waals surface area contributed by atoms with Gasteiger partial charge in [-0.1, -0.05) is 33.1 Å². The number of fused-ring (bicyclic) bond motifs is 1. The van der Waals surface area contributed by atoms with E-state index in [0.717, 1.165) is 19.3 Å². The van der Waals surface area contributed by atoms with Gasteiger partial charge < -0.3 is 9.47 Å². The van der Waals surface area contributed by atoms with Crippen LogP contribution in [0.1, 0.15) is 52.4 Å². The molecule has 2 aliphatic rings. The highest BCUT2D eigenvalue weighted by atomic mass is 16.6. The molecule has 1 aromatic heterocycles. The second-order valence-corrected chi connectivity index (χ2v) is 6.92. The van der Waals surface area contributed by atoms with Gasteiger partial charge in [0.2, 0.25) is 0 Å². The van der Waals surface area contributed by atoms with Crippen molar-refractivity contribution in [1.82, 2.24) is 9.55 Å². The van der Waals surface area contributed by atoms with Crippen LogP contribution in [0.25, 0.3) is 0 Å². The monoisotopic (exact) mass is 306 g/mol. The Kier molecular flexibility index (Phi) is 4.81. The molecular formula is C17H26N2O3. The molecule has 0 radical (unpaired) electrons. The maximum atomic E-state index is 11.4. The zero-order valence-electron chi connectivity index (χ0n) is 13.5. The molecule has 2 unspecified atom stereocenters. The van der Waals surface area contributed by atoms with E-state index < -0.39 is 0 Å². The summed E-state index contributed by atoms with van der Waals surface area (Å²) in [6.07, 6.45) is 9.29. The van der Waals surface area contributed by atoms with Crippen molar-refractivity contribution >= 4 is 0 Å². The minimum atomic E-state index is -0.250. The van der Waals surface area contributed by atoms with E-state index in [1.165, 1.54) is 25.3 Å². The smallest absolute Gasteiger partial charge is 0.300 e. The van der Waals surface area contributed by atoms with Crippen molar-refractivity contribution in [3.05, 3.63) is 22.6 Å². The summed E-state index contributed by atoms with van der Waals surface area (Å²) in [6.45, 7) is 5.13. The molecule has 0 N–H and O–H groups in total. The number of ether oxygens (including phenoxy) is 2. The van der Waals surface area contributed by atoms with E-state index in [4.69, 9.17) is 9.47 Å². The number of aromatic nitrogens is 2. The standard InChI is InChI=1S/C17H26N2O3/c1-12(2)10-14(21-13-6-4-3-5-7-13)15-11-19-9-8-16(20)18-17(19)22-15/h8-9,12-15H,3-7,10-11H2,1-2H3. The molecule has 0 amide bonds. The van der Waals surface area contributed by atoms with Crippen LogP contribution in [-0.2, 0) is 11.3 Å². The van der Waals surface area contributed by atoms with E-state index in [2.05, 4.69) is 18.8 Å². The van der Waals surface area contributed by atoms with Crippen molar-refractivity contribution in [3.8, 4) is 6.01 Å². The van der Waals surface area contributed by atoms with E-state index in [9.17, 15) is 4.79 Å². The van der Waals surface area contributed by atoms with Crippen LogP contribution in [0, 0.1) is 5.92 Å². The zero-order chi connectivity index (χ0) is 15.5. The Hall–Kier alpha value is -1.36. The van der Waals surface area contributed by atoms with Gasteiger partial charge in [-0.15, -0.1) is 0 Å². The van der Waals surface area contributed by atoms with E-state index in [-0.39, 0.29) is 17.8 Å². The van der Waals surface area contributed by atoms with Gasteiger partial charge in [0.15, 0.2) is 0 Å². The number of rotatable bonds is 5. The summed E-state index contributed by atoms with van der Waals surface area (Å²) in [5.74, 6) is 0.550. The van der Waals surface area contributed by atoms with E-state index in [0.29, 0.717) is 24.6 Å². The SMILES string of the molecule is CC(C)CC(OC1CCCCC1)C1Cn2ccc(=O)nc2O1. The van der Waals surface area contributed by atoms with Crippen LogP contribution in [0.3, 0.4) is 0 Å². The van der Waals surface area contributed by atoms with Gasteiger partial charge in [0, 0.05) is 12.3 Å². The molecule has 5 nitrogen and oxygen atoms in total. The first-order chi connectivity index (χ1) is 10.6. The van der Waals surface area contributed by atoms with Crippen LogP contribution >= 0.6 is 0 Å². The van der Waals surface area contributed by atoms with Crippen molar-refractivity contribution < 1.29 is 9.47 Å². The number of nitrogens with zero attached hydrogens (tertiary/aromatic N) is 2. The summed E-state index contributed by atoms with van der Waals surface area (Å²) >= 11 is 0. The maximum Gasteiger partial charge on any atom is 0.300 e. The average molecular weight is 306 g/mol. The molecule has 0 aromatic carbocycles. The second kappa shape index (κ2) is 6.82. The van der Waals surface area contributed by atoms with Gasteiger partial charge in [-0.2, -0.15) is 4.98 Å². The Morgan fingerprint density at radius 1 is 1.36 bits per heavy atom. The highest BCUT2D eigenvalue weighted by molar-refractivity contribution is 5.05. The van der Waals surface area contributed by atoms with Crippen LogP contribution in [0.2, 0.25) is 0 Å². The first-order valence-electron chi connectivity index (χ1n) is 8.51. The molecule has 3 rings (SSSR count). The van der Waals surface area contributed by atoms with Crippen molar-refractivity contribution in [1.29, 1.82) is 0 Å². The summed E-state index contributed by atoms with van der Waals surface area (Å²) in [5.41, 5.74) is -0.250. The molecular weight excluding hydrogens is 280 g/mol. The first-order valence-corrected chi connectivity index (χ1v) is 8.51. The molecule has 1 aliphatic heterocycles. The normalized spacial score (nSPS) is 23.3. The Labute approximate surface area is 131 Å². The molecule has 1 aliphatic carbocycles. The van der Waals surface area contributed by atoms with Crippen LogP contribution in [0.15, 0.2) is 17.1 Å². The third-order valence-electron chi connectivity index (χ3n) is 4.52. The van der Waals surface area contributed by atoms with Gasteiger partial charge in [0.1, 0.15) is 6.10 Å². The molecule has 22 heavy (non-hydrogen) atoms. The third kappa shape index (κ3) is 3.69. The molecule has 0 spiro atoms. The molecule has 2 heterocycles. The van der Waals surface area contributed by atoms with E-state index in [1.807, 2.05) is 4.57 Å². The third-order valence-corrected chi connectivity index (χ3v) is 4.52. The Balaban J connectivity index is 1.68. The maximum absolute atomic E-state index is 11.4. The van der Waals surface area contributed by atoms with Gasteiger partial charge in [0.05, 0.1) is 18.8 Å². The Bertz CT molecular complexity index is 549. The number of hydrogen-bond donors (Lipinski definition) is 0. The summed E-state index contributed by atoms with van der Waals surface area (Å²) in [6, 6.07) is 1.91. The van der Waals surface area contributed by atoms with Crippen molar-refractivity contribution in [2.75, 3.05) is 0 Å². The van der Waals surface area contributed by atoms with Crippen molar-refractivity contribution in [2.45, 2.75) is 77.2 Å². The summed E-state index contributed by atoms with van der Waals surface area (Å²) < 4.78 is 14.2. The minimum Gasteiger partial charge on any atom is -0.457 e. The predicted molar refractivity (Wildman–Crippen MR) is 84.1 cm³/mol. The lowest BCUT2D eigenvalue weighted by molar-refractivity contribution is -0.0832.